The molecule has 0 saturated heterocycles. The summed E-state index contributed by atoms with van der Waals surface area (Å²) in [5.74, 6) is 0.727. The van der Waals surface area contributed by atoms with Crippen LogP contribution < -0.4 is 5.73 Å². The number of carbonyl (C=O) groups excluding carboxylic acids is 1. The van der Waals surface area contributed by atoms with Crippen molar-refractivity contribution in [2.45, 2.75) is 64.3 Å². The second-order valence-corrected chi connectivity index (χ2v) is 5.23. The summed E-state index contributed by atoms with van der Waals surface area (Å²) in [4.78, 5) is 15.8. The molecule has 1 aliphatic heterocycles. The highest BCUT2D eigenvalue weighted by molar-refractivity contribution is 5.85. The smallest absolute Gasteiger partial charge is 0.308 e. The van der Waals surface area contributed by atoms with Gasteiger partial charge in [0.1, 0.15) is 0 Å². The lowest BCUT2D eigenvalue weighted by Crippen LogP contribution is -2.14. The van der Waals surface area contributed by atoms with Crippen molar-refractivity contribution in [3.05, 3.63) is 0 Å². The lowest BCUT2D eigenvalue weighted by Gasteiger charge is -2.12. The SMILES string of the molecule is COC(=O)[C@H](C)CCCC[C@H]1CCCCC(N)=N1.Cl. The second-order valence-electron chi connectivity index (χ2n) is 5.23. The number of ether oxygens (including phenoxy) is 1. The number of rotatable bonds is 6. The molecule has 1 rings (SSSR count). The van der Waals surface area contributed by atoms with Crippen LogP contribution in [0.15, 0.2) is 4.99 Å². The Morgan fingerprint density at radius 2 is 2.21 bits per heavy atom. The monoisotopic (exact) mass is 290 g/mol. The van der Waals surface area contributed by atoms with Gasteiger partial charge in [-0.05, 0) is 25.7 Å². The molecular weight excluding hydrogens is 264 g/mol. The number of hydrogen-bond acceptors (Lipinski definition) is 4. The number of unbranched alkanes of at least 4 members (excludes halogenated alkanes) is 1. The van der Waals surface area contributed by atoms with Gasteiger partial charge in [-0.15, -0.1) is 12.4 Å². The Balaban J connectivity index is 0.00000324. The topological polar surface area (TPSA) is 64.7 Å². The van der Waals surface area contributed by atoms with E-state index < -0.39 is 0 Å². The first kappa shape index (κ1) is 18.2. The molecule has 0 bridgehead atoms. The minimum absolute atomic E-state index is 0. The number of esters is 1. The zero-order chi connectivity index (χ0) is 13.4. The molecule has 0 aliphatic carbocycles. The third-order valence-electron chi connectivity index (χ3n) is 3.60. The summed E-state index contributed by atoms with van der Waals surface area (Å²) in [7, 11) is 1.45. The zero-order valence-electron chi connectivity index (χ0n) is 12.1. The van der Waals surface area contributed by atoms with Crippen LogP contribution in [0.1, 0.15) is 58.3 Å². The highest BCUT2D eigenvalue weighted by Crippen LogP contribution is 2.19. The van der Waals surface area contributed by atoms with E-state index in [1.807, 2.05) is 6.92 Å². The summed E-state index contributed by atoms with van der Waals surface area (Å²) in [6.45, 7) is 1.92. The Kier molecular flexibility index (Phi) is 9.66. The van der Waals surface area contributed by atoms with E-state index >= 15 is 0 Å². The highest BCUT2D eigenvalue weighted by Gasteiger charge is 2.14. The van der Waals surface area contributed by atoms with Crippen LogP contribution in [-0.2, 0) is 9.53 Å². The zero-order valence-corrected chi connectivity index (χ0v) is 12.9. The van der Waals surface area contributed by atoms with Gasteiger partial charge in [0, 0.05) is 6.42 Å². The molecule has 1 heterocycles. The lowest BCUT2D eigenvalue weighted by molar-refractivity contribution is -0.145. The fourth-order valence-electron chi connectivity index (χ4n) is 2.41. The predicted molar refractivity (Wildman–Crippen MR) is 80.8 cm³/mol. The summed E-state index contributed by atoms with van der Waals surface area (Å²) < 4.78 is 4.71. The molecule has 2 N–H and O–H groups in total. The normalized spacial score (nSPS) is 20.7. The Bertz CT molecular complexity index is 295. The number of nitrogens with zero attached hydrogens (tertiary/aromatic N) is 1. The predicted octanol–water partition coefficient (Wildman–Crippen LogP) is 3.08. The van der Waals surface area contributed by atoms with Crippen molar-refractivity contribution in [2.75, 3.05) is 7.11 Å². The van der Waals surface area contributed by atoms with E-state index in [0.29, 0.717) is 6.04 Å². The van der Waals surface area contributed by atoms with Gasteiger partial charge in [-0.2, -0.15) is 0 Å². The maximum Gasteiger partial charge on any atom is 0.308 e. The van der Waals surface area contributed by atoms with Crippen molar-refractivity contribution in [2.24, 2.45) is 16.6 Å². The maximum absolute atomic E-state index is 11.2. The molecule has 112 valence electrons. The number of hydrogen-bond donors (Lipinski definition) is 1. The molecule has 0 radical (unpaired) electrons. The van der Waals surface area contributed by atoms with Crippen LogP contribution in [0.5, 0.6) is 0 Å². The molecule has 5 heteroatoms. The Morgan fingerprint density at radius 1 is 1.47 bits per heavy atom. The number of nitrogens with two attached hydrogens (primary N) is 1. The molecule has 0 unspecified atom stereocenters. The van der Waals surface area contributed by atoms with Gasteiger partial charge >= 0.3 is 5.97 Å². The minimum atomic E-state index is -0.105. The van der Waals surface area contributed by atoms with E-state index in [-0.39, 0.29) is 24.3 Å². The van der Waals surface area contributed by atoms with Crippen molar-refractivity contribution in [1.82, 2.24) is 0 Å². The molecule has 4 nitrogen and oxygen atoms in total. The second kappa shape index (κ2) is 10.1. The summed E-state index contributed by atoms with van der Waals surface area (Å²) in [5.41, 5.74) is 5.82. The first-order valence-electron chi connectivity index (χ1n) is 7.03. The molecule has 1 aliphatic rings. The maximum atomic E-state index is 11.2. The molecular formula is C14H27ClN2O2. The van der Waals surface area contributed by atoms with E-state index in [1.54, 1.807) is 0 Å². The minimum Gasteiger partial charge on any atom is -0.469 e. The van der Waals surface area contributed by atoms with Crippen molar-refractivity contribution in [3.8, 4) is 0 Å². The Labute approximate surface area is 122 Å². The van der Waals surface area contributed by atoms with Gasteiger partial charge in [-0.1, -0.05) is 26.2 Å². The Morgan fingerprint density at radius 3 is 2.89 bits per heavy atom. The fraction of sp³-hybridized carbons (Fsp3) is 0.857. The number of amidine groups is 1. The quantitative estimate of drug-likeness (QED) is 0.604. The van der Waals surface area contributed by atoms with Crippen LogP contribution in [-0.4, -0.2) is 25.0 Å². The van der Waals surface area contributed by atoms with Gasteiger partial charge < -0.3 is 10.5 Å². The third kappa shape index (κ3) is 7.41. The van der Waals surface area contributed by atoms with Crippen molar-refractivity contribution < 1.29 is 9.53 Å². The number of carbonyl (C=O) groups is 1. The molecule has 0 aromatic carbocycles. The van der Waals surface area contributed by atoms with Crippen molar-refractivity contribution >= 4 is 24.2 Å². The largest absolute Gasteiger partial charge is 0.469 e. The average molecular weight is 291 g/mol. The van der Waals surface area contributed by atoms with Crippen LogP contribution in [0, 0.1) is 5.92 Å². The summed E-state index contributed by atoms with van der Waals surface area (Å²) in [6, 6.07) is 0.404. The standard InChI is InChI=1S/C14H26N2O2.ClH/c1-11(14(17)18-2)7-3-4-8-12-9-5-6-10-13(15)16-12;/h11-12H,3-10H2,1-2H3,(H2,15,16);1H/t11-,12+;/m1./s1. The summed E-state index contributed by atoms with van der Waals surface area (Å²) in [5, 5.41) is 0. The highest BCUT2D eigenvalue weighted by atomic mass is 35.5. The molecule has 0 aromatic rings. The number of aliphatic imine (C=N–C) groups is 1. The number of methoxy groups -OCH3 is 1. The summed E-state index contributed by atoms with van der Waals surface area (Å²) >= 11 is 0. The van der Waals surface area contributed by atoms with Crippen molar-refractivity contribution in [3.63, 3.8) is 0 Å². The average Bonchev–Trinajstić information content (AvgIpc) is 2.57. The van der Waals surface area contributed by atoms with Gasteiger partial charge in [0.25, 0.3) is 0 Å². The molecule has 0 saturated carbocycles. The molecule has 0 aromatic heterocycles. The van der Waals surface area contributed by atoms with E-state index in [2.05, 4.69) is 4.99 Å². The van der Waals surface area contributed by atoms with Crippen LogP contribution in [0.2, 0.25) is 0 Å². The van der Waals surface area contributed by atoms with Gasteiger partial charge in [-0.25, -0.2) is 0 Å². The van der Waals surface area contributed by atoms with E-state index in [9.17, 15) is 4.79 Å². The molecule has 2 atom stereocenters. The van der Waals surface area contributed by atoms with Crippen LogP contribution >= 0.6 is 12.4 Å². The molecule has 0 amide bonds. The van der Waals surface area contributed by atoms with Crippen LogP contribution in [0.25, 0.3) is 0 Å². The van der Waals surface area contributed by atoms with E-state index in [1.165, 1.54) is 20.0 Å². The lowest BCUT2D eigenvalue weighted by atomic mass is 10.00. The third-order valence-corrected chi connectivity index (χ3v) is 3.60. The van der Waals surface area contributed by atoms with Gasteiger partial charge in [0.05, 0.1) is 24.9 Å². The van der Waals surface area contributed by atoms with E-state index in [4.69, 9.17) is 10.5 Å². The number of halogens is 1. The first-order valence-corrected chi connectivity index (χ1v) is 7.03. The molecule has 19 heavy (non-hydrogen) atoms. The van der Waals surface area contributed by atoms with Crippen LogP contribution in [0.4, 0.5) is 0 Å². The molecule has 0 fully saturated rings. The Hall–Kier alpha value is -0.770. The fourth-order valence-corrected chi connectivity index (χ4v) is 2.41. The van der Waals surface area contributed by atoms with Gasteiger partial charge in [-0.3, -0.25) is 9.79 Å². The van der Waals surface area contributed by atoms with Gasteiger partial charge in [0.2, 0.25) is 0 Å². The molecule has 0 spiro atoms. The van der Waals surface area contributed by atoms with Crippen LogP contribution in [0.3, 0.4) is 0 Å². The van der Waals surface area contributed by atoms with E-state index in [0.717, 1.165) is 44.4 Å². The van der Waals surface area contributed by atoms with Gasteiger partial charge in [0.15, 0.2) is 0 Å². The van der Waals surface area contributed by atoms with Crippen molar-refractivity contribution in [1.29, 1.82) is 0 Å². The summed E-state index contributed by atoms with van der Waals surface area (Å²) in [6.07, 6.45) is 8.68. The first-order chi connectivity index (χ1) is 8.63.